The van der Waals surface area contributed by atoms with E-state index in [0.29, 0.717) is 0 Å². The zero-order valence-corrected chi connectivity index (χ0v) is 19.1. The molecule has 8 heteroatoms. The van der Waals surface area contributed by atoms with E-state index >= 15 is 0 Å². The van der Waals surface area contributed by atoms with Crippen molar-refractivity contribution in [3.05, 3.63) is 0 Å². The van der Waals surface area contributed by atoms with Crippen LogP contribution in [0.5, 0.6) is 0 Å². The first-order valence-corrected chi connectivity index (χ1v) is 11.4. The van der Waals surface area contributed by atoms with E-state index in [9.17, 15) is 9.90 Å². The van der Waals surface area contributed by atoms with Crippen LogP contribution >= 0.6 is 0 Å². The monoisotopic (exact) mass is 440 g/mol. The Hall–Kier alpha value is -0.770. The van der Waals surface area contributed by atoms with Crippen molar-refractivity contribution >= 4 is 5.97 Å². The molecule has 0 saturated carbocycles. The number of carbonyl (C=O) groups is 1. The highest BCUT2D eigenvalue weighted by molar-refractivity contribution is 5.69. The van der Waals surface area contributed by atoms with Crippen molar-refractivity contribution in [3.63, 3.8) is 0 Å². The summed E-state index contributed by atoms with van der Waals surface area (Å²) in [5.74, 6) is -0.673. The Bertz CT molecular complexity index is 310. The number of aliphatic hydroxyl groups is 6. The molecule has 0 amide bonds. The fraction of sp³-hybridized carbons (Fsp3) is 0.955. The minimum atomic E-state index is -0.954. The quantitative estimate of drug-likeness (QED) is 0.169. The summed E-state index contributed by atoms with van der Waals surface area (Å²) < 4.78 is 0. The van der Waals surface area contributed by atoms with Crippen molar-refractivity contribution in [1.82, 2.24) is 0 Å². The van der Waals surface area contributed by atoms with Gasteiger partial charge >= 0.3 is 5.97 Å². The van der Waals surface area contributed by atoms with Crippen LogP contribution in [-0.2, 0) is 4.79 Å². The van der Waals surface area contributed by atoms with E-state index in [0.717, 1.165) is 25.7 Å². The normalized spacial score (nSPS) is 11.5. The first kappa shape index (κ1) is 33.9. The van der Waals surface area contributed by atoms with Crippen LogP contribution in [0.4, 0.5) is 0 Å². The summed E-state index contributed by atoms with van der Waals surface area (Å²) in [6, 6.07) is 0. The van der Waals surface area contributed by atoms with Gasteiger partial charge in [-0.05, 0) is 12.8 Å². The highest BCUT2D eigenvalue weighted by Crippen LogP contribution is 2.19. The number of aliphatic carboxylic acids is 1. The number of hydrogen-bond donors (Lipinski definition) is 7. The van der Waals surface area contributed by atoms with Gasteiger partial charge in [-0.2, -0.15) is 0 Å². The number of unbranched alkanes of at least 4 members (excludes halogenated alkanes) is 8. The summed E-state index contributed by atoms with van der Waals surface area (Å²) in [7, 11) is 0. The number of hydrogen-bond acceptors (Lipinski definition) is 7. The van der Waals surface area contributed by atoms with Gasteiger partial charge in [0, 0.05) is 0 Å². The van der Waals surface area contributed by atoms with E-state index in [4.69, 9.17) is 30.6 Å². The lowest BCUT2D eigenvalue weighted by Crippen LogP contribution is -2.15. The summed E-state index contributed by atoms with van der Waals surface area (Å²) in [6.45, 7) is 2.95. The molecule has 0 rings (SSSR count). The second-order valence-electron chi connectivity index (χ2n) is 7.48. The zero-order valence-electron chi connectivity index (χ0n) is 19.1. The molecule has 0 aliphatic rings. The molecular formula is C22H48O8. The van der Waals surface area contributed by atoms with Crippen LogP contribution in [0.1, 0.15) is 90.9 Å². The topological polar surface area (TPSA) is 159 Å². The third kappa shape index (κ3) is 29.4. The maximum Gasteiger partial charge on any atom is 0.306 e. The van der Waals surface area contributed by atoms with Gasteiger partial charge in [-0.1, -0.05) is 78.1 Å². The van der Waals surface area contributed by atoms with E-state index in [1.54, 1.807) is 0 Å². The molecule has 0 aromatic heterocycles. The van der Waals surface area contributed by atoms with Crippen molar-refractivity contribution in [3.8, 4) is 0 Å². The molecule has 1 atom stereocenters. The average molecular weight is 441 g/mol. The molecule has 0 aromatic carbocycles. The third-order valence-electron chi connectivity index (χ3n) is 4.50. The summed E-state index contributed by atoms with van der Waals surface area (Å²) in [5.41, 5.74) is 0. The first-order valence-electron chi connectivity index (χ1n) is 11.4. The van der Waals surface area contributed by atoms with E-state index in [1.807, 2.05) is 0 Å². The maximum atomic E-state index is 11.1. The minimum Gasteiger partial charge on any atom is -0.481 e. The van der Waals surface area contributed by atoms with Crippen molar-refractivity contribution in [2.24, 2.45) is 5.92 Å². The van der Waals surface area contributed by atoms with E-state index < -0.39 is 18.2 Å². The summed E-state index contributed by atoms with van der Waals surface area (Å²) >= 11 is 0. The lowest BCUT2D eigenvalue weighted by atomic mass is 9.94. The second-order valence-corrected chi connectivity index (χ2v) is 7.48. The molecule has 30 heavy (non-hydrogen) atoms. The highest BCUT2D eigenvalue weighted by Gasteiger charge is 2.15. The summed E-state index contributed by atoms with van der Waals surface area (Å²) in [4.78, 5) is 11.1. The van der Waals surface area contributed by atoms with Crippen molar-refractivity contribution in [2.45, 2.75) is 103 Å². The Kier molecular flexibility index (Phi) is 31.9. The Labute approximate surface area is 182 Å². The fourth-order valence-electron chi connectivity index (χ4n) is 2.50. The van der Waals surface area contributed by atoms with Crippen LogP contribution in [0, 0.1) is 5.92 Å². The van der Waals surface area contributed by atoms with Crippen LogP contribution < -0.4 is 0 Å². The standard InChI is InChI=1S/C16H32O2.2C3H8O3/c1-3-5-7-9-10-12-14-15(16(17)18)13-11-8-6-4-2;2*4-1-3(6)2-5/h15H,3-14H2,1-2H3,(H,17,18);2*3-6H,1-2H2. The molecule has 0 aromatic rings. The summed E-state index contributed by atoms with van der Waals surface area (Å²) in [5, 5.41) is 57.2. The van der Waals surface area contributed by atoms with Gasteiger partial charge < -0.3 is 35.7 Å². The van der Waals surface area contributed by atoms with Crippen molar-refractivity contribution in [2.75, 3.05) is 26.4 Å². The Morgan fingerprint density at radius 3 is 1.17 bits per heavy atom. The lowest BCUT2D eigenvalue weighted by Gasteiger charge is -2.11. The molecule has 0 saturated heterocycles. The van der Waals surface area contributed by atoms with Gasteiger partial charge in [0.05, 0.1) is 32.3 Å². The minimum absolute atomic E-state index is 0.0898. The van der Waals surface area contributed by atoms with Crippen LogP contribution in [0.2, 0.25) is 0 Å². The largest absolute Gasteiger partial charge is 0.481 e. The molecular weight excluding hydrogens is 392 g/mol. The number of carboxylic acid groups (broad SMARTS) is 1. The molecule has 7 N–H and O–H groups in total. The van der Waals surface area contributed by atoms with Crippen molar-refractivity contribution in [1.29, 1.82) is 0 Å². The summed E-state index contributed by atoms with van der Waals surface area (Å²) in [6.07, 6.45) is 12.1. The highest BCUT2D eigenvalue weighted by atomic mass is 16.4. The molecule has 0 aliphatic carbocycles. The average Bonchev–Trinajstić information content (AvgIpc) is 2.76. The lowest BCUT2D eigenvalue weighted by molar-refractivity contribution is -0.142. The van der Waals surface area contributed by atoms with Crippen LogP contribution in [0.25, 0.3) is 0 Å². The third-order valence-corrected chi connectivity index (χ3v) is 4.50. The molecule has 0 fully saturated rings. The molecule has 0 aliphatic heterocycles. The molecule has 0 spiro atoms. The molecule has 184 valence electrons. The van der Waals surface area contributed by atoms with E-state index in [1.165, 1.54) is 51.4 Å². The molecule has 0 bridgehead atoms. The maximum absolute atomic E-state index is 11.1. The molecule has 8 nitrogen and oxygen atoms in total. The van der Waals surface area contributed by atoms with Gasteiger partial charge in [-0.15, -0.1) is 0 Å². The predicted molar refractivity (Wildman–Crippen MR) is 118 cm³/mol. The Morgan fingerprint density at radius 1 is 0.600 bits per heavy atom. The van der Waals surface area contributed by atoms with Gasteiger partial charge in [-0.25, -0.2) is 0 Å². The van der Waals surface area contributed by atoms with Crippen molar-refractivity contribution < 1.29 is 40.5 Å². The molecule has 1 unspecified atom stereocenters. The molecule has 0 heterocycles. The van der Waals surface area contributed by atoms with Gasteiger partial charge in [0.15, 0.2) is 0 Å². The predicted octanol–water partition coefficient (Wildman–Crippen LogP) is 2.07. The second kappa shape index (κ2) is 28.2. The number of carboxylic acids is 1. The molecule has 0 radical (unpaired) electrons. The number of aliphatic hydroxyl groups excluding tert-OH is 6. The van der Waals surface area contributed by atoms with Crippen LogP contribution in [0.15, 0.2) is 0 Å². The van der Waals surface area contributed by atoms with E-state index in [2.05, 4.69) is 13.8 Å². The van der Waals surface area contributed by atoms with Gasteiger partial charge in [0.2, 0.25) is 0 Å². The zero-order chi connectivity index (χ0) is 23.6. The first-order chi connectivity index (χ1) is 14.3. The van der Waals surface area contributed by atoms with Gasteiger partial charge in [0.25, 0.3) is 0 Å². The van der Waals surface area contributed by atoms with Crippen LogP contribution in [-0.4, -0.2) is 80.4 Å². The van der Waals surface area contributed by atoms with Crippen LogP contribution in [0.3, 0.4) is 0 Å². The van der Waals surface area contributed by atoms with Gasteiger partial charge in [0.1, 0.15) is 12.2 Å². The number of rotatable bonds is 17. The Morgan fingerprint density at radius 2 is 0.900 bits per heavy atom. The fourth-order valence-corrected chi connectivity index (χ4v) is 2.50. The Balaban J connectivity index is -0.000000495. The SMILES string of the molecule is CCCCCCCCC(CCCCCC)C(=O)O.OCC(O)CO.OCC(O)CO. The smallest absolute Gasteiger partial charge is 0.306 e. The van der Waals surface area contributed by atoms with E-state index in [-0.39, 0.29) is 32.3 Å². The van der Waals surface area contributed by atoms with Gasteiger partial charge in [-0.3, -0.25) is 4.79 Å².